The first-order valence-corrected chi connectivity index (χ1v) is 11.6. The van der Waals surface area contributed by atoms with Crippen molar-refractivity contribution in [3.05, 3.63) is 75.7 Å². The zero-order valence-electron chi connectivity index (χ0n) is 19.1. The van der Waals surface area contributed by atoms with Gasteiger partial charge in [0.2, 0.25) is 11.8 Å². The summed E-state index contributed by atoms with van der Waals surface area (Å²) in [7, 11) is 0. The highest BCUT2D eigenvalue weighted by Crippen LogP contribution is 2.49. The number of likely N-dealkylation sites (tertiary alicyclic amines) is 1. The van der Waals surface area contributed by atoms with Gasteiger partial charge in [0.1, 0.15) is 6.04 Å². The van der Waals surface area contributed by atoms with E-state index in [-0.39, 0.29) is 36.3 Å². The molecule has 4 rings (SSSR count). The Bertz CT molecular complexity index is 1110. The van der Waals surface area contributed by atoms with Crippen molar-refractivity contribution in [3.8, 4) is 0 Å². The Kier molecular flexibility index (Phi) is 6.79. The molecule has 0 unspecified atom stereocenters. The van der Waals surface area contributed by atoms with Crippen molar-refractivity contribution < 1.29 is 14.7 Å². The zero-order valence-corrected chi connectivity index (χ0v) is 19.1. The molecule has 2 N–H and O–H groups in total. The average Bonchev–Trinajstić information content (AvgIpc) is 3.36. The molecule has 2 amide bonds. The number of aliphatic hydroxyl groups is 1. The van der Waals surface area contributed by atoms with Gasteiger partial charge in [0.15, 0.2) is 0 Å². The minimum absolute atomic E-state index is 0.107. The third-order valence-corrected chi connectivity index (χ3v) is 6.87. The van der Waals surface area contributed by atoms with Crippen molar-refractivity contribution in [3.63, 3.8) is 0 Å². The van der Waals surface area contributed by atoms with E-state index in [0.717, 1.165) is 11.3 Å². The molecule has 0 spiro atoms. The van der Waals surface area contributed by atoms with Crippen LogP contribution in [0.4, 0.5) is 0 Å². The van der Waals surface area contributed by atoms with Crippen LogP contribution in [0.1, 0.15) is 43.1 Å². The molecule has 0 aliphatic carbocycles. The molecule has 1 aromatic heterocycles. The summed E-state index contributed by atoms with van der Waals surface area (Å²) in [4.78, 5) is 41.0. The van der Waals surface area contributed by atoms with Gasteiger partial charge >= 0.3 is 0 Å². The van der Waals surface area contributed by atoms with Gasteiger partial charge in [-0.3, -0.25) is 14.4 Å². The average molecular weight is 450 g/mol. The molecule has 3 heterocycles. The number of rotatable bonds is 7. The molecule has 0 bridgehead atoms. The number of amides is 2. The summed E-state index contributed by atoms with van der Waals surface area (Å²) in [5, 5.41) is 13.3. The monoisotopic (exact) mass is 449 g/mol. The van der Waals surface area contributed by atoms with E-state index >= 15 is 0 Å². The number of allylic oxidation sites excluding steroid dienone is 1. The number of hydrogen-bond acceptors (Lipinski definition) is 4. The number of carbonyl (C=O) groups is 2. The fourth-order valence-corrected chi connectivity index (χ4v) is 5.35. The Labute approximate surface area is 193 Å². The first-order chi connectivity index (χ1) is 16.0. The number of benzene rings is 1. The van der Waals surface area contributed by atoms with Crippen LogP contribution in [0.25, 0.3) is 6.08 Å². The van der Waals surface area contributed by atoms with Crippen molar-refractivity contribution in [2.45, 2.75) is 45.3 Å². The van der Waals surface area contributed by atoms with Crippen molar-refractivity contribution in [2.24, 2.45) is 11.8 Å². The summed E-state index contributed by atoms with van der Waals surface area (Å²) in [5.74, 6) is -1.03. The quantitative estimate of drug-likeness (QED) is 0.678. The molecule has 2 aliphatic heterocycles. The molecule has 1 fully saturated rings. The zero-order chi connectivity index (χ0) is 23.5. The van der Waals surface area contributed by atoms with Gasteiger partial charge in [-0.1, -0.05) is 49.4 Å². The largest absolute Gasteiger partial charge is 0.396 e. The Balaban J connectivity index is 1.62. The second kappa shape index (κ2) is 9.75. The Morgan fingerprint density at radius 1 is 1.18 bits per heavy atom. The molecule has 33 heavy (non-hydrogen) atoms. The maximum Gasteiger partial charge on any atom is 0.258 e. The predicted molar refractivity (Wildman–Crippen MR) is 126 cm³/mol. The van der Waals surface area contributed by atoms with Crippen molar-refractivity contribution >= 4 is 17.9 Å². The molecule has 2 aromatic rings. The van der Waals surface area contributed by atoms with Crippen molar-refractivity contribution in [2.75, 3.05) is 13.2 Å². The van der Waals surface area contributed by atoms with E-state index in [9.17, 15) is 19.5 Å². The van der Waals surface area contributed by atoms with E-state index < -0.39 is 18.0 Å². The van der Waals surface area contributed by atoms with Crippen LogP contribution in [0.5, 0.6) is 0 Å². The first-order valence-electron chi connectivity index (χ1n) is 11.6. The topological polar surface area (TPSA) is 91.6 Å². The molecule has 174 valence electrons. The Hall–Kier alpha value is -3.19. The lowest BCUT2D eigenvalue weighted by molar-refractivity contribution is -0.141. The number of nitrogens with zero attached hydrogens (tertiary/aromatic N) is 2. The highest BCUT2D eigenvalue weighted by atomic mass is 16.3. The molecule has 7 heteroatoms. The van der Waals surface area contributed by atoms with Crippen LogP contribution in [0.2, 0.25) is 0 Å². The third kappa shape index (κ3) is 4.13. The lowest BCUT2D eigenvalue weighted by Gasteiger charge is -2.30. The number of nitrogens with one attached hydrogen (secondary N) is 1. The van der Waals surface area contributed by atoms with E-state index in [1.165, 1.54) is 0 Å². The summed E-state index contributed by atoms with van der Waals surface area (Å²) in [6.45, 7) is 4.23. The van der Waals surface area contributed by atoms with Crippen LogP contribution in [0.15, 0.2) is 53.3 Å². The summed E-state index contributed by atoms with van der Waals surface area (Å²) >= 11 is 0. The van der Waals surface area contributed by atoms with Crippen LogP contribution in [0.3, 0.4) is 0 Å². The van der Waals surface area contributed by atoms with Gasteiger partial charge in [0.25, 0.3) is 5.56 Å². The van der Waals surface area contributed by atoms with Crippen LogP contribution < -0.4 is 10.9 Å². The highest BCUT2D eigenvalue weighted by molar-refractivity contribution is 5.89. The second-order valence-corrected chi connectivity index (χ2v) is 8.71. The Morgan fingerprint density at radius 2 is 1.94 bits per heavy atom. The smallest absolute Gasteiger partial charge is 0.258 e. The molecular formula is C26H31N3O4. The van der Waals surface area contributed by atoms with Crippen molar-refractivity contribution in [1.29, 1.82) is 0 Å². The second-order valence-electron chi connectivity index (χ2n) is 8.71. The number of pyridine rings is 1. The summed E-state index contributed by atoms with van der Waals surface area (Å²) in [5.41, 5.74) is 2.33. The van der Waals surface area contributed by atoms with Gasteiger partial charge in [-0.05, 0) is 31.0 Å². The standard InChI is InChI=1S/C26H31N3O4/c1-3-8-18-11-12-21-23-19(15-28(21)26(18)33)20(16-30)24(29(23)22(31)4-2)25(32)27-14-13-17-9-6-5-7-10-17/h3,5-12,19-20,23-24,30H,4,13-16H2,1-2H3,(H,27,32)/b8-3+/t19-,20-,23+,24-/m0/s1. The minimum atomic E-state index is -0.757. The molecule has 1 aromatic carbocycles. The summed E-state index contributed by atoms with van der Waals surface area (Å²) < 4.78 is 1.70. The fourth-order valence-electron chi connectivity index (χ4n) is 5.35. The molecule has 0 radical (unpaired) electrons. The van der Waals surface area contributed by atoms with Gasteiger partial charge in [-0.2, -0.15) is 0 Å². The van der Waals surface area contributed by atoms with Crippen LogP contribution >= 0.6 is 0 Å². The van der Waals surface area contributed by atoms with E-state index in [4.69, 9.17) is 0 Å². The highest BCUT2D eigenvalue weighted by Gasteiger charge is 2.56. The van der Waals surface area contributed by atoms with E-state index in [2.05, 4.69) is 5.32 Å². The number of fused-ring (bicyclic) bond motifs is 3. The summed E-state index contributed by atoms with van der Waals surface area (Å²) in [6, 6.07) is 12.4. The molecule has 4 atom stereocenters. The maximum absolute atomic E-state index is 13.3. The van der Waals surface area contributed by atoms with Gasteiger partial charge in [0, 0.05) is 49.2 Å². The third-order valence-electron chi connectivity index (χ3n) is 6.87. The van der Waals surface area contributed by atoms with E-state index in [0.29, 0.717) is 25.1 Å². The van der Waals surface area contributed by atoms with Crippen molar-refractivity contribution in [1.82, 2.24) is 14.8 Å². The molecule has 1 saturated heterocycles. The van der Waals surface area contributed by atoms with Gasteiger partial charge < -0.3 is 19.9 Å². The van der Waals surface area contributed by atoms with E-state index in [1.54, 1.807) is 28.5 Å². The Morgan fingerprint density at radius 3 is 2.61 bits per heavy atom. The van der Waals surface area contributed by atoms with Crippen LogP contribution in [0, 0.1) is 11.8 Å². The van der Waals surface area contributed by atoms with Crippen LogP contribution in [-0.2, 0) is 22.6 Å². The number of hydrogen-bond donors (Lipinski definition) is 2. The minimum Gasteiger partial charge on any atom is -0.396 e. The maximum atomic E-state index is 13.3. The molecular weight excluding hydrogens is 418 g/mol. The molecule has 7 nitrogen and oxygen atoms in total. The van der Waals surface area contributed by atoms with E-state index in [1.807, 2.05) is 49.4 Å². The normalized spacial score (nSPS) is 23.5. The SMILES string of the molecule is C/C=C/c1ccc2n(c1=O)C[C@H]1[C@H](CO)[C@@H](C(=O)NCCc3ccccc3)N(C(=O)CC)[C@@H]21. The summed E-state index contributed by atoms with van der Waals surface area (Å²) in [6.07, 6.45) is 4.52. The molecule has 0 saturated carbocycles. The number of aromatic nitrogens is 1. The predicted octanol–water partition coefficient (Wildman–Crippen LogP) is 2.14. The lowest BCUT2D eigenvalue weighted by Crippen LogP contribution is -2.50. The molecule has 2 aliphatic rings. The number of carbonyl (C=O) groups excluding carboxylic acids is 2. The number of aliphatic hydroxyl groups excluding tert-OH is 1. The first kappa shape index (κ1) is 23.0. The lowest BCUT2D eigenvalue weighted by atomic mass is 9.88. The van der Waals surface area contributed by atoms with Gasteiger partial charge in [-0.25, -0.2) is 0 Å². The van der Waals surface area contributed by atoms with Gasteiger partial charge in [0.05, 0.1) is 6.04 Å². The van der Waals surface area contributed by atoms with Crippen LogP contribution in [-0.4, -0.2) is 45.6 Å². The fraction of sp³-hybridized carbons (Fsp3) is 0.423. The van der Waals surface area contributed by atoms with Gasteiger partial charge in [-0.15, -0.1) is 0 Å².